The molecule has 0 saturated heterocycles. The van der Waals surface area contributed by atoms with Crippen LogP contribution in [0.2, 0.25) is 0 Å². The van der Waals surface area contributed by atoms with E-state index in [4.69, 9.17) is 9.84 Å². The third kappa shape index (κ3) is 4.21. The van der Waals surface area contributed by atoms with Crippen LogP contribution < -0.4 is 10.1 Å². The number of carbonyl (C=O) groups excluding carboxylic acids is 1. The predicted octanol–water partition coefficient (Wildman–Crippen LogP) is 2.74. The van der Waals surface area contributed by atoms with Crippen LogP contribution in [0.5, 0.6) is 5.75 Å². The lowest BCUT2D eigenvalue weighted by molar-refractivity contribution is 0.0885. The molecule has 0 aliphatic rings. The number of aliphatic hydroxyl groups excluding tert-OH is 1. The van der Waals surface area contributed by atoms with Gasteiger partial charge in [0.25, 0.3) is 5.91 Å². The minimum absolute atomic E-state index is 0.0455. The van der Waals surface area contributed by atoms with E-state index < -0.39 is 5.54 Å². The Balaban J connectivity index is 2.94. The van der Waals surface area contributed by atoms with Crippen molar-refractivity contribution in [3.05, 3.63) is 28.2 Å². The number of nitrogens with one attached hydrogen (secondary N) is 1. The van der Waals surface area contributed by atoms with Crippen LogP contribution in [0.15, 0.2) is 22.7 Å². The number of methoxy groups -OCH3 is 1. The van der Waals surface area contributed by atoms with Crippen LogP contribution in [0.3, 0.4) is 0 Å². The lowest BCUT2D eigenvalue weighted by Gasteiger charge is -2.29. The highest BCUT2D eigenvalue weighted by Gasteiger charge is 2.25. The molecule has 0 fully saturated rings. The molecule has 1 aromatic rings. The summed E-state index contributed by atoms with van der Waals surface area (Å²) in [6, 6.07) is 5.26. The van der Waals surface area contributed by atoms with Gasteiger partial charge in [-0.3, -0.25) is 4.79 Å². The Labute approximate surface area is 122 Å². The first kappa shape index (κ1) is 16.0. The first-order valence-corrected chi connectivity index (χ1v) is 7.02. The summed E-state index contributed by atoms with van der Waals surface area (Å²) in [4.78, 5) is 12.3. The second-order valence-corrected chi connectivity index (χ2v) is 5.54. The topological polar surface area (TPSA) is 58.6 Å². The van der Waals surface area contributed by atoms with Gasteiger partial charge in [-0.05, 0) is 53.9 Å². The third-order valence-electron chi connectivity index (χ3n) is 3.28. The van der Waals surface area contributed by atoms with E-state index in [1.54, 1.807) is 25.3 Å². The van der Waals surface area contributed by atoms with Crippen LogP contribution in [0.25, 0.3) is 0 Å². The van der Waals surface area contributed by atoms with Gasteiger partial charge in [-0.2, -0.15) is 0 Å². The highest BCUT2D eigenvalue weighted by atomic mass is 79.9. The molecule has 0 radical (unpaired) electrons. The summed E-state index contributed by atoms with van der Waals surface area (Å²) in [5, 5.41) is 12.0. The van der Waals surface area contributed by atoms with Crippen molar-refractivity contribution in [3.63, 3.8) is 0 Å². The number of carbonyl (C=O) groups is 1. The van der Waals surface area contributed by atoms with Crippen molar-refractivity contribution < 1.29 is 14.6 Å². The second-order valence-electron chi connectivity index (χ2n) is 4.69. The lowest BCUT2D eigenvalue weighted by Crippen LogP contribution is -2.46. The zero-order chi connectivity index (χ0) is 14.5. The highest BCUT2D eigenvalue weighted by Crippen LogP contribution is 2.24. The molecule has 2 N–H and O–H groups in total. The largest absolute Gasteiger partial charge is 0.497 e. The van der Waals surface area contributed by atoms with Gasteiger partial charge in [-0.25, -0.2) is 0 Å². The SMILES string of the molecule is CCC(C)(CCO)NC(=O)c1cc(OC)ccc1Br. The summed E-state index contributed by atoms with van der Waals surface area (Å²) < 4.78 is 5.84. The Bertz CT molecular complexity index is 450. The average Bonchev–Trinajstić information content (AvgIpc) is 2.39. The first-order valence-electron chi connectivity index (χ1n) is 6.22. The van der Waals surface area contributed by atoms with Gasteiger partial charge in [-0.15, -0.1) is 0 Å². The van der Waals surface area contributed by atoms with Gasteiger partial charge in [-0.1, -0.05) is 6.92 Å². The fourth-order valence-electron chi connectivity index (χ4n) is 1.72. The molecule has 5 heteroatoms. The van der Waals surface area contributed by atoms with Crippen molar-refractivity contribution >= 4 is 21.8 Å². The maximum absolute atomic E-state index is 12.3. The Hall–Kier alpha value is -1.07. The third-order valence-corrected chi connectivity index (χ3v) is 3.97. The van der Waals surface area contributed by atoms with Crippen molar-refractivity contribution in [1.82, 2.24) is 5.32 Å². The van der Waals surface area contributed by atoms with Crippen LogP contribution in [0.4, 0.5) is 0 Å². The summed E-state index contributed by atoms with van der Waals surface area (Å²) in [5.74, 6) is 0.456. The summed E-state index contributed by atoms with van der Waals surface area (Å²) >= 11 is 3.36. The van der Waals surface area contributed by atoms with Crippen molar-refractivity contribution in [1.29, 1.82) is 0 Å². The molecule has 19 heavy (non-hydrogen) atoms. The van der Waals surface area contributed by atoms with Crippen molar-refractivity contribution in [2.45, 2.75) is 32.2 Å². The summed E-state index contributed by atoms with van der Waals surface area (Å²) in [6.45, 7) is 3.95. The number of rotatable bonds is 6. The standard InChI is InChI=1S/C14H20BrNO3/c1-4-14(2,7-8-17)16-13(18)11-9-10(19-3)5-6-12(11)15/h5-6,9,17H,4,7-8H2,1-3H3,(H,16,18). The van der Waals surface area contributed by atoms with Gasteiger partial charge >= 0.3 is 0 Å². The molecule has 0 saturated carbocycles. The maximum atomic E-state index is 12.3. The molecule has 0 aliphatic carbocycles. The molecule has 1 atom stereocenters. The first-order chi connectivity index (χ1) is 8.95. The number of ether oxygens (including phenoxy) is 1. The van der Waals surface area contributed by atoms with Gasteiger partial charge in [0.15, 0.2) is 0 Å². The number of benzene rings is 1. The summed E-state index contributed by atoms with van der Waals surface area (Å²) in [6.07, 6.45) is 1.28. The molecule has 106 valence electrons. The van der Waals surface area contributed by atoms with E-state index in [1.165, 1.54) is 0 Å². The van der Waals surface area contributed by atoms with Crippen LogP contribution in [0.1, 0.15) is 37.0 Å². The number of halogens is 1. The number of aliphatic hydroxyl groups is 1. The van der Waals surface area contributed by atoms with E-state index in [-0.39, 0.29) is 12.5 Å². The monoisotopic (exact) mass is 329 g/mol. The molecule has 0 aromatic heterocycles. The fourth-order valence-corrected chi connectivity index (χ4v) is 2.15. The minimum atomic E-state index is -0.408. The van der Waals surface area contributed by atoms with Gasteiger partial charge in [0.1, 0.15) is 5.75 Å². The minimum Gasteiger partial charge on any atom is -0.497 e. The van der Waals surface area contributed by atoms with Crippen molar-refractivity contribution in [2.24, 2.45) is 0 Å². The van der Waals surface area contributed by atoms with E-state index >= 15 is 0 Å². The molecule has 4 nitrogen and oxygen atoms in total. The van der Waals surface area contributed by atoms with Crippen molar-refractivity contribution in [2.75, 3.05) is 13.7 Å². The van der Waals surface area contributed by atoms with Crippen molar-refractivity contribution in [3.8, 4) is 5.75 Å². The molecule has 0 bridgehead atoms. The Morgan fingerprint density at radius 1 is 1.53 bits per heavy atom. The maximum Gasteiger partial charge on any atom is 0.252 e. The van der Waals surface area contributed by atoms with E-state index in [2.05, 4.69) is 21.2 Å². The van der Waals surface area contributed by atoms with Crippen LogP contribution in [0, 0.1) is 0 Å². The van der Waals surface area contributed by atoms with Gasteiger partial charge in [0, 0.05) is 16.6 Å². The van der Waals surface area contributed by atoms with Gasteiger partial charge < -0.3 is 15.2 Å². The number of hydrogen-bond acceptors (Lipinski definition) is 3. The smallest absolute Gasteiger partial charge is 0.252 e. The predicted molar refractivity (Wildman–Crippen MR) is 78.6 cm³/mol. The fraction of sp³-hybridized carbons (Fsp3) is 0.500. The van der Waals surface area contributed by atoms with Gasteiger partial charge in [0.2, 0.25) is 0 Å². The van der Waals surface area contributed by atoms with E-state index in [1.807, 2.05) is 13.8 Å². The molecule has 1 rings (SSSR count). The zero-order valence-electron chi connectivity index (χ0n) is 11.5. The second kappa shape index (κ2) is 6.91. The van der Waals surface area contributed by atoms with Crippen LogP contribution >= 0.6 is 15.9 Å². The number of hydrogen-bond donors (Lipinski definition) is 2. The highest BCUT2D eigenvalue weighted by molar-refractivity contribution is 9.10. The number of amides is 1. The molecule has 1 amide bonds. The average molecular weight is 330 g/mol. The molecule has 0 aliphatic heterocycles. The Kier molecular flexibility index (Phi) is 5.82. The van der Waals surface area contributed by atoms with Crippen LogP contribution in [-0.2, 0) is 0 Å². The molecule has 0 heterocycles. The molecular weight excluding hydrogens is 310 g/mol. The summed E-state index contributed by atoms with van der Waals surface area (Å²) in [5.41, 5.74) is 0.117. The summed E-state index contributed by atoms with van der Waals surface area (Å²) in [7, 11) is 1.56. The van der Waals surface area contributed by atoms with E-state index in [0.29, 0.717) is 22.2 Å². The Morgan fingerprint density at radius 2 is 2.21 bits per heavy atom. The van der Waals surface area contributed by atoms with Gasteiger partial charge in [0.05, 0.1) is 12.7 Å². The normalized spacial score (nSPS) is 13.7. The lowest BCUT2D eigenvalue weighted by atomic mass is 9.94. The van der Waals surface area contributed by atoms with Crippen LogP contribution in [-0.4, -0.2) is 30.3 Å². The molecule has 0 spiro atoms. The molecular formula is C14H20BrNO3. The van der Waals surface area contributed by atoms with E-state index in [0.717, 1.165) is 6.42 Å². The Morgan fingerprint density at radius 3 is 2.74 bits per heavy atom. The molecule has 1 unspecified atom stereocenters. The quantitative estimate of drug-likeness (QED) is 0.843. The molecule has 1 aromatic carbocycles. The zero-order valence-corrected chi connectivity index (χ0v) is 13.1. The van der Waals surface area contributed by atoms with E-state index in [9.17, 15) is 4.79 Å².